The number of halogens is 1. The van der Waals surface area contributed by atoms with Gasteiger partial charge in [-0.05, 0) is 44.1 Å². The molecule has 1 aliphatic heterocycles. The summed E-state index contributed by atoms with van der Waals surface area (Å²) in [4.78, 5) is 13.9. The van der Waals surface area contributed by atoms with Gasteiger partial charge in [0, 0.05) is 18.7 Å². The minimum Gasteiger partial charge on any atom is -0.494 e. The van der Waals surface area contributed by atoms with E-state index in [1.807, 2.05) is 0 Å². The van der Waals surface area contributed by atoms with E-state index in [9.17, 15) is 19.4 Å². The Labute approximate surface area is 161 Å². The van der Waals surface area contributed by atoms with Gasteiger partial charge in [-0.25, -0.2) is 9.18 Å². The van der Waals surface area contributed by atoms with Crippen molar-refractivity contribution in [3.63, 3.8) is 0 Å². The molecular weight excluding hydrogens is 369 g/mol. The summed E-state index contributed by atoms with van der Waals surface area (Å²) in [5.74, 6) is -1.84. The van der Waals surface area contributed by atoms with Crippen LogP contribution >= 0.6 is 0 Å². The van der Waals surface area contributed by atoms with E-state index in [1.165, 1.54) is 25.7 Å². The first-order chi connectivity index (χ1) is 13.5. The molecule has 0 saturated carbocycles. The van der Waals surface area contributed by atoms with E-state index >= 15 is 0 Å². The number of aromatic nitrogens is 1. The number of likely N-dealkylation sites (tertiary alicyclic amines) is 1. The van der Waals surface area contributed by atoms with Crippen LogP contribution in [0.2, 0.25) is 0 Å². The average Bonchev–Trinajstić information content (AvgIpc) is 3.12. The Morgan fingerprint density at radius 2 is 2.14 bits per heavy atom. The van der Waals surface area contributed by atoms with Crippen LogP contribution in [0.15, 0.2) is 22.7 Å². The van der Waals surface area contributed by atoms with Crippen molar-refractivity contribution >= 4 is 11.8 Å². The fraction of sp³-hybridized carbons (Fsp3) is 0.474. The number of benzene rings is 1. The second kappa shape index (κ2) is 9.03. The van der Waals surface area contributed by atoms with Crippen LogP contribution in [0.3, 0.4) is 0 Å². The van der Waals surface area contributed by atoms with E-state index in [1.54, 1.807) is 0 Å². The lowest BCUT2D eigenvalue weighted by molar-refractivity contribution is 0.0697. The van der Waals surface area contributed by atoms with Gasteiger partial charge in [0.15, 0.2) is 28.7 Å². The first kappa shape index (κ1) is 20.1. The Bertz CT molecular complexity index is 820. The molecule has 0 aliphatic carbocycles. The van der Waals surface area contributed by atoms with Gasteiger partial charge in [-0.15, -0.1) is 0 Å². The van der Waals surface area contributed by atoms with Gasteiger partial charge in [0.25, 0.3) is 0 Å². The molecular formula is C19H24FN3O5. The Morgan fingerprint density at radius 3 is 2.82 bits per heavy atom. The number of β-amino-alcohol motifs (C(OH)–C–C–N with tert-alkyl or cyclic N) is 1. The first-order valence-electron chi connectivity index (χ1n) is 9.20. The molecule has 8 nitrogen and oxygen atoms in total. The highest BCUT2D eigenvalue weighted by Gasteiger charge is 2.25. The number of hydrogen-bond acceptors (Lipinski definition) is 7. The maximum Gasteiger partial charge on any atom is 0.343 e. The lowest BCUT2D eigenvalue weighted by atomic mass is 10.1. The quantitative estimate of drug-likeness (QED) is 0.628. The number of nitrogens with one attached hydrogen (secondary N) is 1. The smallest absolute Gasteiger partial charge is 0.343 e. The molecule has 1 saturated heterocycles. The average molecular weight is 393 g/mol. The zero-order valence-corrected chi connectivity index (χ0v) is 15.7. The van der Waals surface area contributed by atoms with Gasteiger partial charge in [0.2, 0.25) is 0 Å². The molecule has 0 spiro atoms. The predicted molar refractivity (Wildman–Crippen MR) is 100 cm³/mol. The molecule has 0 bridgehead atoms. The van der Waals surface area contributed by atoms with Gasteiger partial charge in [-0.1, -0.05) is 11.6 Å². The lowest BCUT2D eigenvalue weighted by Crippen LogP contribution is -2.39. The fourth-order valence-corrected chi connectivity index (χ4v) is 3.33. The van der Waals surface area contributed by atoms with Crippen molar-refractivity contribution < 1.29 is 28.7 Å². The van der Waals surface area contributed by atoms with Crippen molar-refractivity contribution in [1.29, 1.82) is 0 Å². The summed E-state index contributed by atoms with van der Waals surface area (Å²) >= 11 is 0. The highest BCUT2D eigenvalue weighted by atomic mass is 19.1. The third-order valence-electron chi connectivity index (χ3n) is 4.74. The van der Waals surface area contributed by atoms with Gasteiger partial charge in [-0.3, -0.25) is 0 Å². The van der Waals surface area contributed by atoms with E-state index in [0.29, 0.717) is 12.1 Å². The van der Waals surface area contributed by atoms with Crippen LogP contribution in [0.5, 0.6) is 5.75 Å². The summed E-state index contributed by atoms with van der Waals surface area (Å²) in [7, 11) is 1.32. The molecule has 9 heteroatoms. The number of nitrogens with zero attached hydrogens (tertiary/aromatic N) is 2. The summed E-state index contributed by atoms with van der Waals surface area (Å²) in [5, 5.41) is 26.5. The number of anilines is 1. The number of carboxylic acid groups (broad SMARTS) is 1. The van der Waals surface area contributed by atoms with E-state index in [4.69, 9.17) is 9.26 Å². The Hall–Kier alpha value is -2.65. The number of piperidine rings is 1. The summed E-state index contributed by atoms with van der Waals surface area (Å²) in [6.45, 7) is 2.56. The summed E-state index contributed by atoms with van der Waals surface area (Å²) in [6, 6.07) is 3.90. The molecule has 152 valence electrons. The number of rotatable bonds is 8. The third-order valence-corrected chi connectivity index (χ3v) is 4.74. The molecule has 1 aliphatic rings. The molecule has 28 heavy (non-hydrogen) atoms. The molecule has 0 amide bonds. The molecule has 1 aromatic heterocycles. The summed E-state index contributed by atoms with van der Waals surface area (Å²) in [5.41, 5.74) is 0.142. The number of aromatic carboxylic acids is 1. The molecule has 1 aromatic carbocycles. The number of ether oxygens (including phenoxy) is 1. The highest BCUT2D eigenvalue weighted by Crippen LogP contribution is 2.32. The predicted octanol–water partition coefficient (Wildman–Crippen LogP) is 2.45. The second-order valence-electron chi connectivity index (χ2n) is 6.79. The van der Waals surface area contributed by atoms with Crippen molar-refractivity contribution in [2.45, 2.75) is 25.4 Å². The SMILES string of the molecule is COc1cc(-c2onc(NCC(O)CN3CCCCC3)c2C(=O)O)ccc1F. The zero-order chi connectivity index (χ0) is 20.1. The van der Waals surface area contributed by atoms with Crippen LogP contribution < -0.4 is 10.1 Å². The number of aliphatic hydroxyl groups excluding tert-OH is 1. The van der Waals surface area contributed by atoms with Crippen LogP contribution in [0, 0.1) is 5.82 Å². The van der Waals surface area contributed by atoms with Gasteiger partial charge < -0.3 is 29.7 Å². The standard InChI is InChI=1S/C19H24FN3O5/c1-27-15-9-12(5-6-14(15)20)17-16(19(25)26)18(22-28-17)21-10-13(24)11-23-7-3-2-4-8-23/h5-6,9,13,24H,2-4,7-8,10-11H2,1H3,(H,21,22)(H,25,26). The fourth-order valence-electron chi connectivity index (χ4n) is 3.33. The molecule has 3 rings (SSSR count). The maximum absolute atomic E-state index is 13.6. The van der Waals surface area contributed by atoms with Crippen molar-refractivity contribution in [3.8, 4) is 17.1 Å². The number of carbonyl (C=O) groups is 1. The molecule has 2 aromatic rings. The minimum absolute atomic E-state index is 0.0150. The Morgan fingerprint density at radius 1 is 1.39 bits per heavy atom. The van der Waals surface area contributed by atoms with E-state index in [-0.39, 0.29) is 29.4 Å². The van der Waals surface area contributed by atoms with Gasteiger partial charge >= 0.3 is 5.97 Å². The molecule has 1 atom stereocenters. The van der Waals surface area contributed by atoms with Crippen molar-refractivity contribution in [1.82, 2.24) is 10.1 Å². The first-order valence-corrected chi connectivity index (χ1v) is 9.20. The van der Waals surface area contributed by atoms with Gasteiger partial charge in [0.1, 0.15) is 0 Å². The second-order valence-corrected chi connectivity index (χ2v) is 6.79. The molecule has 2 heterocycles. The molecule has 1 unspecified atom stereocenters. The minimum atomic E-state index is -1.24. The normalized spacial score (nSPS) is 16.0. The van der Waals surface area contributed by atoms with E-state index < -0.39 is 17.9 Å². The van der Waals surface area contributed by atoms with Crippen LogP contribution in [0.4, 0.5) is 10.2 Å². The van der Waals surface area contributed by atoms with Crippen LogP contribution in [-0.2, 0) is 0 Å². The van der Waals surface area contributed by atoms with Gasteiger partial charge in [-0.2, -0.15) is 0 Å². The third kappa shape index (κ3) is 4.60. The molecule has 3 N–H and O–H groups in total. The van der Waals surface area contributed by atoms with Crippen molar-refractivity contribution in [2.75, 3.05) is 38.6 Å². The lowest BCUT2D eigenvalue weighted by Gasteiger charge is -2.28. The molecule has 0 radical (unpaired) electrons. The van der Waals surface area contributed by atoms with E-state index in [2.05, 4.69) is 15.4 Å². The highest BCUT2D eigenvalue weighted by molar-refractivity contribution is 5.99. The Kier molecular flexibility index (Phi) is 6.48. The van der Waals surface area contributed by atoms with Crippen molar-refractivity contribution in [2.24, 2.45) is 0 Å². The number of hydrogen-bond donors (Lipinski definition) is 3. The van der Waals surface area contributed by atoms with Gasteiger partial charge in [0.05, 0.1) is 13.2 Å². The number of aliphatic hydroxyl groups is 1. The summed E-state index contributed by atoms with van der Waals surface area (Å²) < 4.78 is 23.7. The maximum atomic E-state index is 13.6. The van der Waals surface area contributed by atoms with Crippen LogP contribution in [0.25, 0.3) is 11.3 Å². The monoisotopic (exact) mass is 393 g/mol. The number of methoxy groups -OCH3 is 1. The molecule has 1 fully saturated rings. The Balaban J connectivity index is 1.73. The van der Waals surface area contributed by atoms with Crippen LogP contribution in [0.1, 0.15) is 29.6 Å². The van der Waals surface area contributed by atoms with Crippen LogP contribution in [-0.4, -0.2) is 65.6 Å². The summed E-state index contributed by atoms with van der Waals surface area (Å²) in [6.07, 6.45) is 2.78. The zero-order valence-electron chi connectivity index (χ0n) is 15.7. The number of carboxylic acids is 1. The topological polar surface area (TPSA) is 108 Å². The van der Waals surface area contributed by atoms with E-state index in [0.717, 1.165) is 32.0 Å². The van der Waals surface area contributed by atoms with Crippen molar-refractivity contribution in [3.05, 3.63) is 29.6 Å². The largest absolute Gasteiger partial charge is 0.494 e.